The van der Waals surface area contributed by atoms with E-state index in [0.29, 0.717) is 18.2 Å². The number of methoxy groups -OCH3 is 1. The van der Waals surface area contributed by atoms with Crippen molar-refractivity contribution < 1.29 is 13.9 Å². The standard InChI is InChI=1S/C19H24N4O3.HI/c1-21-19(22-11-16-7-8-17(26-16)18(20)24)23-10-9-14(12-23)13-3-5-15(25-2)6-4-13;/h3-8,14H,9-12H2,1-2H3,(H2,20,24)(H,21,22);1H. The minimum Gasteiger partial charge on any atom is -0.497 e. The van der Waals surface area contributed by atoms with Gasteiger partial charge in [-0.15, -0.1) is 24.0 Å². The van der Waals surface area contributed by atoms with Crippen LogP contribution < -0.4 is 15.8 Å². The van der Waals surface area contributed by atoms with Crippen molar-refractivity contribution in [3.05, 3.63) is 53.5 Å². The molecular weight excluding hydrogens is 459 g/mol. The SMILES string of the molecule is CN=C(NCc1ccc(C(N)=O)o1)N1CCC(c2ccc(OC)cc2)C1.I. The number of furan rings is 1. The van der Waals surface area contributed by atoms with E-state index in [1.54, 1.807) is 26.3 Å². The quantitative estimate of drug-likeness (QED) is 0.387. The fourth-order valence-electron chi connectivity index (χ4n) is 3.20. The third-order valence-corrected chi connectivity index (χ3v) is 4.61. The first-order valence-electron chi connectivity index (χ1n) is 8.58. The maximum absolute atomic E-state index is 11.1. The second kappa shape index (κ2) is 9.63. The summed E-state index contributed by atoms with van der Waals surface area (Å²) in [5.74, 6) is 2.39. The molecule has 0 bridgehead atoms. The Balaban J connectivity index is 0.00000261. The Kier molecular flexibility index (Phi) is 7.52. The molecule has 27 heavy (non-hydrogen) atoms. The van der Waals surface area contributed by atoms with E-state index in [9.17, 15) is 4.79 Å². The molecule has 2 aromatic rings. The monoisotopic (exact) mass is 484 g/mol. The maximum atomic E-state index is 11.1. The van der Waals surface area contributed by atoms with Crippen molar-refractivity contribution >= 4 is 35.8 Å². The first-order valence-corrected chi connectivity index (χ1v) is 8.58. The molecule has 1 aromatic carbocycles. The van der Waals surface area contributed by atoms with E-state index >= 15 is 0 Å². The molecule has 146 valence electrons. The summed E-state index contributed by atoms with van der Waals surface area (Å²) in [5.41, 5.74) is 6.51. The van der Waals surface area contributed by atoms with Gasteiger partial charge in [0, 0.05) is 26.1 Å². The number of halogens is 1. The number of ether oxygens (including phenoxy) is 1. The molecule has 1 fully saturated rings. The molecule has 0 saturated carbocycles. The number of likely N-dealkylation sites (tertiary alicyclic amines) is 1. The highest BCUT2D eigenvalue weighted by atomic mass is 127. The number of carbonyl (C=O) groups excluding carboxylic acids is 1. The number of hydrogen-bond donors (Lipinski definition) is 2. The van der Waals surface area contributed by atoms with Crippen LogP contribution in [0, 0.1) is 0 Å². The number of amides is 1. The van der Waals surface area contributed by atoms with Crippen molar-refractivity contribution in [2.24, 2.45) is 10.7 Å². The van der Waals surface area contributed by atoms with Crippen LogP contribution in [0.25, 0.3) is 0 Å². The predicted molar refractivity (Wildman–Crippen MR) is 115 cm³/mol. The Morgan fingerprint density at radius 2 is 2.07 bits per heavy atom. The molecule has 1 aliphatic rings. The Hall–Kier alpha value is -2.23. The minimum absolute atomic E-state index is 0. The number of aliphatic imine (C=N–C) groups is 1. The maximum Gasteiger partial charge on any atom is 0.284 e. The summed E-state index contributed by atoms with van der Waals surface area (Å²) >= 11 is 0. The minimum atomic E-state index is -0.567. The Bertz CT molecular complexity index is 789. The molecule has 1 unspecified atom stereocenters. The van der Waals surface area contributed by atoms with Gasteiger partial charge in [-0.05, 0) is 36.2 Å². The molecule has 2 heterocycles. The van der Waals surface area contributed by atoms with Crippen LogP contribution in [0.1, 0.15) is 34.2 Å². The number of carbonyl (C=O) groups is 1. The van der Waals surface area contributed by atoms with Gasteiger partial charge in [0.1, 0.15) is 11.5 Å². The van der Waals surface area contributed by atoms with E-state index < -0.39 is 5.91 Å². The lowest BCUT2D eigenvalue weighted by atomic mass is 9.98. The van der Waals surface area contributed by atoms with Gasteiger partial charge < -0.3 is 25.1 Å². The highest BCUT2D eigenvalue weighted by molar-refractivity contribution is 14.0. The summed E-state index contributed by atoms with van der Waals surface area (Å²) in [6, 6.07) is 11.6. The Morgan fingerprint density at radius 1 is 1.33 bits per heavy atom. The third-order valence-electron chi connectivity index (χ3n) is 4.61. The van der Waals surface area contributed by atoms with Crippen LogP contribution in [0.4, 0.5) is 0 Å². The van der Waals surface area contributed by atoms with Gasteiger partial charge in [-0.1, -0.05) is 12.1 Å². The Morgan fingerprint density at radius 3 is 2.67 bits per heavy atom. The molecule has 1 aliphatic heterocycles. The van der Waals surface area contributed by atoms with Crippen LogP contribution in [-0.4, -0.2) is 44.0 Å². The average molecular weight is 484 g/mol. The summed E-state index contributed by atoms with van der Waals surface area (Å²) in [6.45, 7) is 2.28. The van der Waals surface area contributed by atoms with E-state index in [2.05, 4.69) is 27.3 Å². The summed E-state index contributed by atoms with van der Waals surface area (Å²) in [4.78, 5) is 17.7. The smallest absolute Gasteiger partial charge is 0.284 e. The number of primary amides is 1. The van der Waals surface area contributed by atoms with E-state index in [4.69, 9.17) is 14.9 Å². The number of hydrogen-bond acceptors (Lipinski definition) is 4. The molecule has 7 nitrogen and oxygen atoms in total. The lowest BCUT2D eigenvalue weighted by Gasteiger charge is -2.21. The average Bonchev–Trinajstić information content (AvgIpc) is 3.32. The van der Waals surface area contributed by atoms with Crippen LogP contribution in [-0.2, 0) is 6.54 Å². The van der Waals surface area contributed by atoms with Crippen LogP contribution in [0.2, 0.25) is 0 Å². The number of nitrogens with one attached hydrogen (secondary N) is 1. The molecule has 0 aliphatic carbocycles. The zero-order valence-corrected chi connectivity index (χ0v) is 17.8. The zero-order chi connectivity index (χ0) is 18.5. The second-order valence-electron chi connectivity index (χ2n) is 6.24. The van der Waals surface area contributed by atoms with Crippen LogP contribution in [0.3, 0.4) is 0 Å². The van der Waals surface area contributed by atoms with E-state index in [1.807, 2.05) is 12.1 Å². The number of nitrogens with two attached hydrogens (primary N) is 1. The lowest BCUT2D eigenvalue weighted by molar-refractivity contribution is 0.0972. The molecule has 8 heteroatoms. The van der Waals surface area contributed by atoms with Crippen LogP contribution in [0.5, 0.6) is 5.75 Å². The first-order chi connectivity index (χ1) is 12.6. The van der Waals surface area contributed by atoms with Crippen molar-refractivity contribution in [3.8, 4) is 5.75 Å². The van der Waals surface area contributed by atoms with Gasteiger partial charge in [0.25, 0.3) is 5.91 Å². The fraction of sp³-hybridized carbons (Fsp3) is 0.368. The number of rotatable bonds is 5. The number of nitrogens with zero attached hydrogens (tertiary/aromatic N) is 2. The third kappa shape index (κ3) is 5.15. The summed E-state index contributed by atoms with van der Waals surface area (Å²) < 4.78 is 10.6. The van der Waals surface area contributed by atoms with Gasteiger partial charge in [-0.2, -0.15) is 0 Å². The van der Waals surface area contributed by atoms with Gasteiger partial charge in [0.2, 0.25) is 0 Å². The topological polar surface area (TPSA) is 93.1 Å². The van der Waals surface area contributed by atoms with Gasteiger partial charge in [-0.25, -0.2) is 0 Å². The molecule has 1 atom stereocenters. The number of benzene rings is 1. The Labute approximate surface area is 176 Å². The molecule has 0 radical (unpaired) electrons. The van der Waals surface area contributed by atoms with Gasteiger partial charge in [0.15, 0.2) is 11.7 Å². The van der Waals surface area contributed by atoms with E-state index in [0.717, 1.165) is 31.2 Å². The molecule has 3 rings (SSSR count). The lowest BCUT2D eigenvalue weighted by Crippen LogP contribution is -2.39. The molecule has 1 saturated heterocycles. The van der Waals surface area contributed by atoms with Gasteiger partial charge in [-0.3, -0.25) is 9.79 Å². The predicted octanol–water partition coefficient (Wildman–Crippen LogP) is 2.57. The number of guanidine groups is 1. The normalized spacial score (nSPS) is 16.7. The van der Waals surface area contributed by atoms with Crippen molar-refractivity contribution in [1.29, 1.82) is 0 Å². The first kappa shape index (κ1) is 21.1. The molecule has 3 N–H and O–H groups in total. The van der Waals surface area contributed by atoms with Crippen molar-refractivity contribution in [2.45, 2.75) is 18.9 Å². The second-order valence-corrected chi connectivity index (χ2v) is 6.24. The molecule has 1 aromatic heterocycles. The molecule has 1 amide bonds. The van der Waals surface area contributed by atoms with Crippen molar-refractivity contribution in [2.75, 3.05) is 27.2 Å². The van der Waals surface area contributed by atoms with E-state index in [1.165, 1.54) is 5.56 Å². The zero-order valence-electron chi connectivity index (χ0n) is 15.5. The van der Waals surface area contributed by atoms with Crippen molar-refractivity contribution in [3.63, 3.8) is 0 Å². The highest BCUT2D eigenvalue weighted by Gasteiger charge is 2.26. The summed E-state index contributed by atoms with van der Waals surface area (Å²) in [6.07, 6.45) is 1.07. The van der Waals surface area contributed by atoms with Crippen LogP contribution in [0.15, 0.2) is 45.8 Å². The van der Waals surface area contributed by atoms with Gasteiger partial charge in [0.05, 0.1) is 13.7 Å². The molecular formula is C19H25IN4O3. The summed E-state index contributed by atoms with van der Waals surface area (Å²) in [7, 11) is 3.44. The van der Waals surface area contributed by atoms with Crippen LogP contribution >= 0.6 is 24.0 Å². The van der Waals surface area contributed by atoms with Crippen molar-refractivity contribution in [1.82, 2.24) is 10.2 Å². The highest BCUT2D eigenvalue weighted by Crippen LogP contribution is 2.28. The largest absolute Gasteiger partial charge is 0.497 e. The van der Waals surface area contributed by atoms with Gasteiger partial charge >= 0.3 is 0 Å². The molecule has 0 spiro atoms. The summed E-state index contributed by atoms with van der Waals surface area (Å²) in [5, 5.41) is 3.28. The van der Waals surface area contributed by atoms with E-state index in [-0.39, 0.29) is 29.7 Å². The fourth-order valence-corrected chi connectivity index (χ4v) is 3.20.